The molecule has 10 heteroatoms. The van der Waals surface area contributed by atoms with Gasteiger partial charge in [0.05, 0.1) is 0 Å². The molecule has 8 nitrogen and oxygen atoms in total. The van der Waals surface area contributed by atoms with E-state index in [1.165, 1.54) is 0 Å². The number of nitrogens with zero attached hydrogens (tertiary/aromatic N) is 2. The van der Waals surface area contributed by atoms with Crippen molar-refractivity contribution >= 4 is 23.3 Å². The van der Waals surface area contributed by atoms with Crippen LogP contribution in [0.25, 0.3) is 0 Å². The molecule has 1 amide bonds. The van der Waals surface area contributed by atoms with E-state index in [9.17, 15) is 4.79 Å². The summed E-state index contributed by atoms with van der Waals surface area (Å²) in [4.78, 5) is 11.9. The van der Waals surface area contributed by atoms with Crippen molar-refractivity contribution in [2.45, 2.75) is 13.2 Å². The molecular formula is C19H20Cl2N5O3-. The average Bonchev–Trinajstić information content (AvgIpc) is 3.14. The Labute approximate surface area is 179 Å². The molecule has 0 radical (unpaired) electrons. The van der Waals surface area contributed by atoms with Crippen molar-refractivity contribution in [1.29, 1.82) is 0 Å². The predicted molar refractivity (Wildman–Crippen MR) is 105 cm³/mol. The van der Waals surface area contributed by atoms with Gasteiger partial charge in [-0.05, 0) is 34.1 Å². The number of nitrogen functional groups attached to an aromatic ring is 1. The minimum absolute atomic E-state index is 0. The van der Waals surface area contributed by atoms with Crippen molar-refractivity contribution in [2.24, 2.45) is 0 Å². The molecule has 0 fully saturated rings. The minimum atomic E-state index is -0.435. The van der Waals surface area contributed by atoms with Crippen LogP contribution in [-0.4, -0.2) is 29.3 Å². The van der Waals surface area contributed by atoms with Crippen molar-refractivity contribution in [3.63, 3.8) is 0 Å². The van der Waals surface area contributed by atoms with Gasteiger partial charge >= 0.3 is 0 Å². The highest BCUT2D eigenvalue weighted by molar-refractivity contribution is 6.30. The van der Waals surface area contributed by atoms with Gasteiger partial charge in [-0.25, -0.2) is 4.63 Å². The fourth-order valence-electron chi connectivity index (χ4n) is 2.49. The zero-order valence-corrected chi connectivity index (χ0v) is 16.9. The molecular weight excluding hydrogens is 417 g/mol. The first-order valence-corrected chi connectivity index (χ1v) is 9.03. The molecule has 2 aromatic carbocycles. The van der Waals surface area contributed by atoms with Crippen molar-refractivity contribution < 1.29 is 26.6 Å². The van der Waals surface area contributed by atoms with E-state index >= 15 is 0 Å². The first-order valence-electron chi connectivity index (χ1n) is 8.65. The first-order chi connectivity index (χ1) is 13.6. The van der Waals surface area contributed by atoms with E-state index in [4.69, 9.17) is 22.1 Å². The number of halogens is 2. The van der Waals surface area contributed by atoms with Gasteiger partial charge in [-0.3, -0.25) is 4.79 Å². The largest absolute Gasteiger partial charge is 1.00 e. The van der Waals surface area contributed by atoms with Crippen LogP contribution in [-0.2, 0) is 13.2 Å². The van der Waals surface area contributed by atoms with Gasteiger partial charge < -0.3 is 33.5 Å². The third-order valence-electron chi connectivity index (χ3n) is 3.89. The van der Waals surface area contributed by atoms with Crippen molar-refractivity contribution in [2.75, 3.05) is 18.8 Å². The quantitative estimate of drug-likeness (QED) is 0.383. The smallest absolute Gasteiger partial charge is 0.277 e. The molecule has 0 spiro atoms. The minimum Gasteiger partial charge on any atom is -1.00 e. The number of carbonyl (C=O) groups is 1. The number of nitrogens with two attached hydrogens (primary N) is 1. The SMILES string of the molecule is Nc1nonc1C(=O)NCCNCc1cc(Cl)ccc1OCc1ccccc1.[Cl-]. The number of hydrogen-bond donors (Lipinski definition) is 3. The fourth-order valence-corrected chi connectivity index (χ4v) is 2.68. The van der Waals surface area contributed by atoms with E-state index in [1.54, 1.807) is 6.07 Å². The summed E-state index contributed by atoms with van der Waals surface area (Å²) >= 11 is 6.11. The Bertz CT molecular complexity index is 921. The highest BCUT2D eigenvalue weighted by Gasteiger charge is 2.15. The van der Waals surface area contributed by atoms with Crippen LogP contribution in [0, 0.1) is 0 Å². The Kier molecular flexibility index (Phi) is 8.72. The number of anilines is 1. The highest BCUT2D eigenvalue weighted by atomic mass is 35.5. The summed E-state index contributed by atoms with van der Waals surface area (Å²) in [5.41, 5.74) is 7.47. The van der Waals surface area contributed by atoms with Gasteiger partial charge in [0, 0.05) is 30.2 Å². The summed E-state index contributed by atoms with van der Waals surface area (Å²) in [5, 5.41) is 13.4. The molecule has 4 N–H and O–H groups in total. The number of nitrogens with one attached hydrogen (secondary N) is 2. The molecule has 0 aliphatic heterocycles. The topological polar surface area (TPSA) is 115 Å². The molecule has 0 aliphatic rings. The third kappa shape index (κ3) is 6.63. The standard InChI is InChI=1S/C19H20ClN5O3.ClH/c20-15-6-7-16(27-12-13-4-2-1-3-5-13)14(10-15)11-22-8-9-23-19(26)17-18(21)25-28-24-17;/h1-7,10,22H,8-9,11-12H2,(H2,21,25)(H,23,26);1H/p-1. The lowest BCUT2D eigenvalue weighted by Gasteiger charge is -2.13. The summed E-state index contributed by atoms with van der Waals surface area (Å²) in [7, 11) is 0. The van der Waals surface area contributed by atoms with Crippen LogP contribution >= 0.6 is 11.6 Å². The second kappa shape index (κ2) is 11.3. The second-order valence-corrected chi connectivity index (χ2v) is 6.39. The molecule has 0 saturated carbocycles. The molecule has 0 saturated heterocycles. The Morgan fingerprint density at radius 1 is 1.14 bits per heavy atom. The molecule has 3 rings (SSSR count). The van der Waals surface area contributed by atoms with Gasteiger partial charge in [0.1, 0.15) is 12.4 Å². The number of hydrogen-bond acceptors (Lipinski definition) is 7. The monoisotopic (exact) mass is 436 g/mol. The van der Waals surface area contributed by atoms with E-state index < -0.39 is 5.91 Å². The molecule has 29 heavy (non-hydrogen) atoms. The van der Waals surface area contributed by atoms with Crippen LogP contribution in [0.4, 0.5) is 5.82 Å². The molecule has 0 aliphatic carbocycles. The normalized spacial score (nSPS) is 10.2. The number of aromatic nitrogens is 2. The van der Waals surface area contributed by atoms with Crippen molar-refractivity contribution in [1.82, 2.24) is 20.9 Å². The number of amides is 1. The lowest BCUT2D eigenvalue weighted by molar-refractivity contribution is -0.0000148. The Morgan fingerprint density at radius 2 is 1.93 bits per heavy atom. The van der Waals surface area contributed by atoms with E-state index in [2.05, 4.69) is 25.6 Å². The zero-order chi connectivity index (χ0) is 19.8. The molecule has 0 bridgehead atoms. The van der Waals surface area contributed by atoms with Crippen molar-refractivity contribution in [3.05, 3.63) is 70.4 Å². The summed E-state index contributed by atoms with van der Waals surface area (Å²) in [6, 6.07) is 15.4. The maximum absolute atomic E-state index is 11.9. The number of carbonyl (C=O) groups excluding carboxylic acids is 1. The second-order valence-electron chi connectivity index (χ2n) is 5.96. The van der Waals surface area contributed by atoms with E-state index in [0.717, 1.165) is 16.9 Å². The van der Waals surface area contributed by atoms with Crippen LogP contribution in [0.15, 0.2) is 53.2 Å². The lowest BCUT2D eigenvalue weighted by Crippen LogP contribution is -3.00. The average molecular weight is 437 g/mol. The van der Waals surface area contributed by atoms with Gasteiger partial charge in [0.15, 0.2) is 0 Å². The zero-order valence-electron chi connectivity index (χ0n) is 15.4. The number of ether oxygens (including phenoxy) is 1. The lowest BCUT2D eigenvalue weighted by atomic mass is 10.2. The Hall–Kier alpha value is -2.81. The summed E-state index contributed by atoms with van der Waals surface area (Å²) in [6.07, 6.45) is 0. The highest BCUT2D eigenvalue weighted by Crippen LogP contribution is 2.23. The van der Waals surface area contributed by atoms with Gasteiger partial charge in [0.25, 0.3) is 5.91 Å². The number of benzene rings is 2. The van der Waals surface area contributed by atoms with E-state index in [1.807, 2.05) is 42.5 Å². The maximum Gasteiger partial charge on any atom is 0.277 e. The molecule has 0 atom stereocenters. The molecule has 154 valence electrons. The first kappa shape index (κ1) is 22.5. The summed E-state index contributed by atoms with van der Waals surface area (Å²) in [6.45, 7) is 1.92. The molecule has 1 heterocycles. The molecule has 1 aromatic heterocycles. The molecule has 0 unspecified atom stereocenters. The Morgan fingerprint density at radius 3 is 2.66 bits per heavy atom. The summed E-state index contributed by atoms with van der Waals surface area (Å²) < 4.78 is 10.3. The van der Waals surface area contributed by atoms with Crippen LogP contribution < -0.4 is 33.5 Å². The van der Waals surface area contributed by atoms with E-state index in [-0.39, 0.29) is 23.9 Å². The number of rotatable bonds is 9. The van der Waals surface area contributed by atoms with Gasteiger partial charge in [-0.1, -0.05) is 41.9 Å². The maximum atomic E-state index is 11.9. The van der Waals surface area contributed by atoms with Crippen molar-refractivity contribution in [3.8, 4) is 5.75 Å². The van der Waals surface area contributed by atoms with E-state index in [0.29, 0.717) is 31.3 Å². The molecule has 3 aromatic rings. The van der Waals surface area contributed by atoms with Gasteiger partial charge in [-0.2, -0.15) is 0 Å². The predicted octanol–water partition coefficient (Wildman–Crippen LogP) is -0.592. The Balaban J connectivity index is 0.00000300. The fraction of sp³-hybridized carbons (Fsp3) is 0.211. The van der Waals surface area contributed by atoms with Gasteiger partial charge in [-0.15, -0.1) is 0 Å². The van der Waals surface area contributed by atoms with Crippen LogP contribution in [0.3, 0.4) is 0 Å². The summed E-state index contributed by atoms with van der Waals surface area (Å²) in [5.74, 6) is 0.283. The van der Waals surface area contributed by atoms with Gasteiger partial charge in [0.2, 0.25) is 11.5 Å². The van der Waals surface area contributed by atoms with Crippen LogP contribution in [0.1, 0.15) is 21.6 Å². The third-order valence-corrected chi connectivity index (χ3v) is 4.13. The van der Waals surface area contributed by atoms with Crippen LogP contribution in [0.2, 0.25) is 5.02 Å². The van der Waals surface area contributed by atoms with Crippen LogP contribution in [0.5, 0.6) is 5.75 Å².